The molecule has 0 amide bonds. The summed E-state index contributed by atoms with van der Waals surface area (Å²) in [6, 6.07) is 8.10. The molecule has 1 aromatic rings. The van der Waals surface area contributed by atoms with Crippen molar-refractivity contribution in [3.05, 3.63) is 29.8 Å². The van der Waals surface area contributed by atoms with E-state index in [2.05, 4.69) is 35.5 Å². The van der Waals surface area contributed by atoms with Gasteiger partial charge in [-0.3, -0.25) is 0 Å². The maximum atomic E-state index is 5.94. The van der Waals surface area contributed by atoms with Crippen LogP contribution in [0.15, 0.2) is 29.3 Å². The van der Waals surface area contributed by atoms with Crippen molar-refractivity contribution in [3.63, 3.8) is 0 Å². The van der Waals surface area contributed by atoms with Crippen molar-refractivity contribution in [2.75, 3.05) is 39.5 Å². The zero-order valence-corrected chi connectivity index (χ0v) is 17.0. The summed E-state index contributed by atoms with van der Waals surface area (Å²) in [5.41, 5.74) is 1.20. The van der Waals surface area contributed by atoms with E-state index in [0.717, 1.165) is 63.9 Å². The van der Waals surface area contributed by atoms with Gasteiger partial charge in [0.1, 0.15) is 11.9 Å². The summed E-state index contributed by atoms with van der Waals surface area (Å²) in [7, 11) is 0. The van der Waals surface area contributed by atoms with E-state index in [-0.39, 0.29) is 6.10 Å². The lowest BCUT2D eigenvalue weighted by Gasteiger charge is -2.22. The molecule has 6 heteroatoms. The molecule has 0 saturated carbocycles. The van der Waals surface area contributed by atoms with Gasteiger partial charge in [-0.2, -0.15) is 0 Å². The summed E-state index contributed by atoms with van der Waals surface area (Å²) in [5, 5.41) is 6.64. The van der Waals surface area contributed by atoms with Gasteiger partial charge in [0.05, 0.1) is 12.6 Å². The molecule has 0 aliphatic carbocycles. The number of nitrogens with zero attached hydrogens (tertiary/aromatic N) is 1. The Hall–Kier alpha value is -1.79. The summed E-state index contributed by atoms with van der Waals surface area (Å²) >= 11 is 0. The van der Waals surface area contributed by atoms with Crippen LogP contribution in [0.25, 0.3) is 0 Å². The van der Waals surface area contributed by atoms with Gasteiger partial charge >= 0.3 is 0 Å². The third kappa shape index (κ3) is 9.11. The highest BCUT2D eigenvalue weighted by Gasteiger charge is 2.13. The van der Waals surface area contributed by atoms with Gasteiger partial charge in [-0.1, -0.05) is 12.1 Å². The van der Waals surface area contributed by atoms with Gasteiger partial charge < -0.3 is 24.8 Å². The third-order valence-electron chi connectivity index (χ3n) is 4.31. The molecule has 0 aromatic heterocycles. The fourth-order valence-corrected chi connectivity index (χ4v) is 2.89. The monoisotopic (exact) mass is 377 g/mol. The van der Waals surface area contributed by atoms with Gasteiger partial charge in [-0.25, -0.2) is 4.99 Å². The average molecular weight is 378 g/mol. The number of aryl methyl sites for hydroxylation is 1. The Morgan fingerprint density at radius 2 is 2.11 bits per heavy atom. The van der Waals surface area contributed by atoms with Crippen LogP contribution in [0.4, 0.5) is 0 Å². The number of guanidine groups is 1. The lowest BCUT2D eigenvalue weighted by molar-refractivity contribution is -0.0320. The number of ether oxygens (including phenoxy) is 3. The molecule has 1 unspecified atom stereocenters. The standard InChI is InChI=1S/C21H35N3O3/c1-4-22-21(23-11-6-12-26-19-9-13-25-14-10-19)24-16-18(3)27-20-8-5-7-17(2)15-20/h5,7-8,15,18-19H,4,6,9-14,16H2,1-3H3,(H2,22,23,24). The molecule has 2 N–H and O–H groups in total. The number of benzene rings is 1. The van der Waals surface area contributed by atoms with Crippen molar-refractivity contribution in [2.45, 2.75) is 52.2 Å². The number of rotatable bonds is 10. The normalized spacial score (nSPS) is 16.8. The smallest absolute Gasteiger partial charge is 0.191 e. The van der Waals surface area contributed by atoms with Crippen LogP contribution in [0.1, 0.15) is 38.7 Å². The van der Waals surface area contributed by atoms with E-state index in [9.17, 15) is 0 Å². The predicted molar refractivity (Wildman–Crippen MR) is 110 cm³/mol. The number of aliphatic imine (C=N–C) groups is 1. The zero-order valence-electron chi connectivity index (χ0n) is 17.0. The van der Waals surface area contributed by atoms with Crippen molar-refractivity contribution in [3.8, 4) is 5.75 Å². The zero-order chi connectivity index (χ0) is 19.3. The van der Waals surface area contributed by atoms with Crippen molar-refractivity contribution in [2.24, 2.45) is 4.99 Å². The molecule has 152 valence electrons. The topological polar surface area (TPSA) is 64.1 Å². The Labute approximate surface area is 163 Å². The van der Waals surface area contributed by atoms with Crippen LogP contribution < -0.4 is 15.4 Å². The summed E-state index contributed by atoms with van der Waals surface area (Å²) in [4.78, 5) is 4.63. The molecule has 1 saturated heterocycles. The first kappa shape index (κ1) is 21.5. The van der Waals surface area contributed by atoms with Gasteiger partial charge in [-0.15, -0.1) is 0 Å². The third-order valence-corrected chi connectivity index (χ3v) is 4.31. The summed E-state index contributed by atoms with van der Waals surface area (Å²) in [5.74, 6) is 1.71. The molecule has 1 fully saturated rings. The largest absolute Gasteiger partial charge is 0.489 e. The van der Waals surface area contributed by atoms with E-state index in [0.29, 0.717) is 12.6 Å². The van der Waals surface area contributed by atoms with Gasteiger partial charge in [0.25, 0.3) is 0 Å². The molecule has 1 aliphatic rings. The highest BCUT2D eigenvalue weighted by atomic mass is 16.5. The Bertz CT molecular complexity index is 559. The Kier molecular flexibility index (Phi) is 10.0. The van der Waals surface area contributed by atoms with E-state index < -0.39 is 0 Å². The highest BCUT2D eigenvalue weighted by Crippen LogP contribution is 2.14. The van der Waals surface area contributed by atoms with Crippen molar-refractivity contribution < 1.29 is 14.2 Å². The SMILES string of the molecule is CCNC(=NCC(C)Oc1cccc(C)c1)NCCCOC1CCOCC1. The lowest BCUT2D eigenvalue weighted by Crippen LogP contribution is -2.39. The van der Waals surface area contributed by atoms with E-state index in [1.807, 2.05) is 25.1 Å². The number of nitrogens with one attached hydrogen (secondary N) is 2. The minimum atomic E-state index is 0.0131. The molecular formula is C21H35N3O3. The first-order valence-electron chi connectivity index (χ1n) is 10.1. The summed E-state index contributed by atoms with van der Waals surface area (Å²) < 4.78 is 17.2. The second kappa shape index (κ2) is 12.6. The summed E-state index contributed by atoms with van der Waals surface area (Å²) in [6.07, 6.45) is 3.35. The first-order valence-corrected chi connectivity index (χ1v) is 10.1. The molecule has 1 heterocycles. The highest BCUT2D eigenvalue weighted by molar-refractivity contribution is 5.79. The van der Waals surface area contributed by atoms with E-state index in [1.54, 1.807) is 0 Å². The van der Waals surface area contributed by atoms with E-state index >= 15 is 0 Å². The van der Waals surface area contributed by atoms with Crippen LogP contribution in [0.5, 0.6) is 5.75 Å². The predicted octanol–water partition coefficient (Wildman–Crippen LogP) is 2.90. The summed E-state index contributed by atoms with van der Waals surface area (Å²) in [6.45, 7) is 10.8. The molecule has 1 atom stereocenters. The van der Waals surface area contributed by atoms with Crippen LogP contribution in [0, 0.1) is 6.92 Å². The minimum absolute atomic E-state index is 0.0131. The number of hydrogen-bond acceptors (Lipinski definition) is 4. The molecule has 0 spiro atoms. The van der Waals surface area contributed by atoms with E-state index in [4.69, 9.17) is 14.2 Å². The second-order valence-corrected chi connectivity index (χ2v) is 6.93. The van der Waals surface area contributed by atoms with E-state index in [1.165, 1.54) is 5.56 Å². The maximum absolute atomic E-state index is 5.94. The lowest BCUT2D eigenvalue weighted by atomic mass is 10.1. The minimum Gasteiger partial charge on any atom is -0.489 e. The fraction of sp³-hybridized carbons (Fsp3) is 0.667. The maximum Gasteiger partial charge on any atom is 0.191 e. The molecule has 1 aliphatic heterocycles. The van der Waals surface area contributed by atoms with Gasteiger partial charge in [0.2, 0.25) is 0 Å². The van der Waals surface area contributed by atoms with Crippen LogP contribution in [-0.4, -0.2) is 57.6 Å². The van der Waals surface area contributed by atoms with Gasteiger partial charge in [0.15, 0.2) is 5.96 Å². The first-order chi connectivity index (χ1) is 13.2. The van der Waals surface area contributed by atoms with Crippen LogP contribution in [-0.2, 0) is 9.47 Å². The molecule has 6 nitrogen and oxygen atoms in total. The molecule has 1 aromatic carbocycles. The Morgan fingerprint density at radius 3 is 2.85 bits per heavy atom. The average Bonchev–Trinajstić information content (AvgIpc) is 2.66. The van der Waals surface area contributed by atoms with Gasteiger partial charge in [-0.05, 0) is 57.7 Å². The van der Waals surface area contributed by atoms with Crippen LogP contribution in [0.3, 0.4) is 0 Å². The molecular weight excluding hydrogens is 342 g/mol. The molecule has 0 radical (unpaired) electrons. The second-order valence-electron chi connectivity index (χ2n) is 6.93. The molecule has 27 heavy (non-hydrogen) atoms. The Balaban J connectivity index is 1.66. The molecule has 0 bridgehead atoms. The van der Waals surface area contributed by atoms with Gasteiger partial charge in [0, 0.05) is 32.9 Å². The quantitative estimate of drug-likeness (QED) is 0.373. The van der Waals surface area contributed by atoms with Crippen molar-refractivity contribution >= 4 is 5.96 Å². The fourth-order valence-electron chi connectivity index (χ4n) is 2.89. The van der Waals surface area contributed by atoms with Crippen molar-refractivity contribution in [1.29, 1.82) is 0 Å². The molecule has 2 rings (SSSR count). The van der Waals surface area contributed by atoms with Crippen LogP contribution in [0.2, 0.25) is 0 Å². The Morgan fingerprint density at radius 1 is 1.30 bits per heavy atom. The van der Waals surface area contributed by atoms with Crippen LogP contribution >= 0.6 is 0 Å². The van der Waals surface area contributed by atoms with Crippen molar-refractivity contribution in [1.82, 2.24) is 10.6 Å². The number of hydrogen-bond donors (Lipinski definition) is 2.